The lowest BCUT2D eigenvalue weighted by atomic mass is 9.82. The quantitative estimate of drug-likeness (QED) is 0.609. The zero-order chi connectivity index (χ0) is 21.8. The minimum absolute atomic E-state index is 0.00990. The predicted octanol–water partition coefficient (Wildman–Crippen LogP) is 5.30. The summed E-state index contributed by atoms with van der Waals surface area (Å²) < 4.78 is 6.31. The summed E-state index contributed by atoms with van der Waals surface area (Å²) in [5.41, 5.74) is 0.390. The third-order valence-electron chi connectivity index (χ3n) is 5.38. The Morgan fingerprint density at radius 3 is 2.37 bits per heavy atom. The Morgan fingerprint density at radius 2 is 1.80 bits per heavy atom. The highest BCUT2D eigenvalue weighted by molar-refractivity contribution is 9.10. The summed E-state index contributed by atoms with van der Waals surface area (Å²) in [5.74, 6) is -0.279. The van der Waals surface area contributed by atoms with E-state index in [1.54, 1.807) is 29.4 Å². The molecule has 1 aliphatic carbocycles. The van der Waals surface area contributed by atoms with E-state index in [1.165, 1.54) is 6.07 Å². The van der Waals surface area contributed by atoms with Crippen LogP contribution in [0.3, 0.4) is 0 Å². The average molecular weight is 476 g/mol. The van der Waals surface area contributed by atoms with Crippen LogP contribution in [0.4, 0.5) is 5.69 Å². The largest absolute Gasteiger partial charge is 0.478 e. The number of aromatic carboxylic acids is 1. The number of hydrogen-bond donors (Lipinski definition) is 1. The van der Waals surface area contributed by atoms with Gasteiger partial charge in [-0.2, -0.15) is 0 Å². The van der Waals surface area contributed by atoms with Gasteiger partial charge in [-0.25, -0.2) is 14.8 Å². The number of benzene rings is 1. The van der Waals surface area contributed by atoms with Gasteiger partial charge in [0.2, 0.25) is 5.91 Å². The molecule has 8 heteroatoms. The van der Waals surface area contributed by atoms with Gasteiger partial charge in [-0.1, -0.05) is 6.92 Å². The number of carboxylic acid groups (broad SMARTS) is 1. The number of hydrogen-bond acceptors (Lipinski definition) is 5. The van der Waals surface area contributed by atoms with E-state index in [-0.39, 0.29) is 29.4 Å². The van der Waals surface area contributed by atoms with Crippen LogP contribution in [0.15, 0.2) is 35.1 Å². The smallest absolute Gasteiger partial charge is 0.337 e. The van der Waals surface area contributed by atoms with Crippen LogP contribution in [-0.2, 0) is 4.79 Å². The van der Waals surface area contributed by atoms with E-state index < -0.39 is 5.97 Å². The number of halogens is 1. The Balaban J connectivity index is 1.90. The number of ether oxygens (including phenoxy) is 1. The molecular formula is C22H26BrN3O4. The number of aromatic nitrogens is 2. The molecule has 0 unspecified atom stereocenters. The second-order valence-corrected chi connectivity index (χ2v) is 8.94. The molecule has 1 aromatic carbocycles. The second kappa shape index (κ2) is 9.55. The van der Waals surface area contributed by atoms with E-state index in [4.69, 9.17) is 4.74 Å². The molecule has 0 aliphatic heterocycles. The molecule has 0 atom stereocenters. The van der Waals surface area contributed by atoms with E-state index in [9.17, 15) is 14.7 Å². The fourth-order valence-corrected chi connectivity index (χ4v) is 3.98. The summed E-state index contributed by atoms with van der Waals surface area (Å²) in [4.78, 5) is 35.0. The van der Waals surface area contributed by atoms with Gasteiger partial charge in [-0.3, -0.25) is 4.79 Å². The lowest BCUT2D eigenvalue weighted by Crippen LogP contribution is -2.42. The number of carboxylic acids is 1. The van der Waals surface area contributed by atoms with Crippen molar-refractivity contribution in [2.45, 2.75) is 52.5 Å². The van der Waals surface area contributed by atoms with Gasteiger partial charge in [0.25, 0.3) is 0 Å². The maximum Gasteiger partial charge on any atom is 0.337 e. The molecule has 1 aromatic heterocycles. The Bertz CT molecular complexity index is 909. The van der Waals surface area contributed by atoms with E-state index in [2.05, 4.69) is 32.8 Å². The molecule has 2 aromatic rings. The van der Waals surface area contributed by atoms with Crippen molar-refractivity contribution in [3.05, 3.63) is 40.6 Å². The first-order valence-electron chi connectivity index (χ1n) is 10.1. The van der Waals surface area contributed by atoms with Crippen LogP contribution in [0, 0.1) is 11.8 Å². The number of amides is 1. The zero-order valence-electron chi connectivity index (χ0n) is 17.3. The fourth-order valence-electron chi connectivity index (χ4n) is 3.77. The molecule has 1 heterocycles. The predicted molar refractivity (Wildman–Crippen MR) is 117 cm³/mol. The molecule has 1 amide bonds. The highest BCUT2D eigenvalue weighted by Gasteiger charge is 2.32. The normalized spacial score (nSPS) is 18.8. The van der Waals surface area contributed by atoms with Crippen molar-refractivity contribution in [2.24, 2.45) is 11.8 Å². The molecular weight excluding hydrogens is 450 g/mol. The Kier molecular flexibility index (Phi) is 7.07. The minimum Gasteiger partial charge on any atom is -0.478 e. The molecule has 160 valence electrons. The molecule has 0 radical (unpaired) electrons. The zero-order valence-corrected chi connectivity index (χ0v) is 18.9. The lowest BCUT2D eigenvalue weighted by molar-refractivity contribution is -0.123. The van der Waals surface area contributed by atoms with Crippen molar-refractivity contribution in [1.29, 1.82) is 0 Å². The van der Waals surface area contributed by atoms with Gasteiger partial charge in [0.15, 0.2) is 0 Å². The van der Waals surface area contributed by atoms with Crippen molar-refractivity contribution in [1.82, 2.24) is 9.97 Å². The number of carbonyl (C=O) groups excluding carboxylic acids is 1. The summed E-state index contributed by atoms with van der Waals surface area (Å²) in [6, 6.07) is 4.61. The van der Waals surface area contributed by atoms with Crippen LogP contribution in [-0.4, -0.2) is 33.0 Å². The number of anilines is 1. The highest BCUT2D eigenvalue weighted by Crippen LogP contribution is 2.34. The third-order valence-corrected chi connectivity index (χ3v) is 5.79. The Hall–Kier alpha value is -2.48. The Morgan fingerprint density at radius 1 is 1.17 bits per heavy atom. The van der Waals surface area contributed by atoms with Crippen molar-refractivity contribution < 1.29 is 19.4 Å². The molecule has 7 nitrogen and oxygen atoms in total. The summed E-state index contributed by atoms with van der Waals surface area (Å²) in [6.45, 7) is 6.00. The van der Waals surface area contributed by atoms with Gasteiger partial charge < -0.3 is 14.7 Å². The maximum atomic E-state index is 13.3. The number of rotatable bonds is 6. The second-order valence-electron chi connectivity index (χ2n) is 8.03. The van der Waals surface area contributed by atoms with Gasteiger partial charge in [0.1, 0.15) is 5.75 Å². The van der Waals surface area contributed by atoms with Gasteiger partial charge in [-0.05, 0) is 79.6 Å². The Labute approximate surface area is 184 Å². The van der Waals surface area contributed by atoms with Crippen LogP contribution in [0.1, 0.15) is 56.8 Å². The molecule has 3 rings (SSSR count). The third kappa shape index (κ3) is 5.16. The SMILES string of the molecule is CC1CCC(C(=O)N(c2ccc(Oc3ncc(Br)cn3)cc2C(=O)O)C(C)C)CC1. The van der Waals surface area contributed by atoms with Gasteiger partial charge in [-0.15, -0.1) is 0 Å². The van der Waals surface area contributed by atoms with Crippen molar-refractivity contribution >= 4 is 33.5 Å². The first kappa shape index (κ1) is 22.2. The van der Waals surface area contributed by atoms with Crippen molar-refractivity contribution in [3.63, 3.8) is 0 Å². The molecule has 1 aliphatic rings. The fraction of sp³-hybridized carbons (Fsp3) is 0.455. The molecule has 1 N–H and O–H groups in total. The van der Waals surface area contributed by atoms with Gasteiger partial charge in [0, 0.05) is 24.4 Å². The van der Waals surface area contributed by atoms with E-state index in [1.807, 2.05) is 13.8 Å². The van der Waals surface area contributed by atoms with Crippen LogP contribution in [0.25, 0.3) is 0 Å². The van der Waals surface area contributed by atoms with Gasteiger partial charge >= 0.3 is 12.0 Å². The van der Waals surface area contributed by atoms with Crippen molar-refractivity contribution in [3.8, 4) is 11.8 Å². The van der Waals surface area contributed by atoms with Crippen LogP contribution < -0.4 is 9.64 Å². The highest BCUT2D eigenvalue weighted by atomic mass is 79.9. The monoisotopic (exact) mass is 475 g/mol. The standard InChI is InChI=1S/C22H26BrN3O4/c1-13(2)26(20(27)15-6-4-14(3)5-7-15)19-9-8-17(10-18(19)21(28)29)30-22-24-11-16(23)12-25-22/h8-15H,4-7H2,1-3H3,(H,28,29). The molecule has 1 saturated carbocycles. The number of nitrogens with zero attached hydrogens (tertiary/aromatic N) is 3. The van der Waals surface area contributed by atoms with E-state index in [0.717, 1.165) is 25.7 Å². The summed E-state index contributed by atoms with van der Waals surface area (Å²) >= 11 is 3.25. The van der Waals surface area contributed by atoms with Crippen molar-refractivity contribution in [2.75, 3.05) is 4.90 Å². The first-order valence-corrected chi connectivity index (χ1v) is 10.9. The van der Waals surface area contributed by atoms with Crippen LogP contribution in [0.5, 0.6) is 11.8 Å². The lowest BCUT2D eigenvalue weighted by Gasteiger charge is -2.34. The van der Waals surface area contributed by atoms with Crippen LogP contribution >= 0.6 is 15.9 Å². The van der Waals surface area contributed by atoms with Crippen LogP contribution in [0.2, 0.25) is 0 Å². The summed E-state index contributed by atoms with van der Waals surface area (Å²) in [5, 5.41) is 9.82. The summed E-state index contributed by atoms with van der Waals surface area (Å²) in [7, 11) is 0. The first-order chi connectivity index (χ1) is 14.3. The van der Waals surface area contributed by atoms with Gasteiger partial charge in [0.05, 0.1) is 15.7 Å². The average Bonchev–Trinajstić information content (AvgIpc) is 2.71. The summed E-state index contributed by atoms with van der Waals surface area (Å²) in [6.07, 6.45) is 6.81. The molecule has 0 bridgehead atoms. The topological polar surface area (TPSA) is 92.6 Å². The number of carbonyl (C=O) groups is 2. The molecule has 0 saturated heterocycles. The van der Waals surface area contributed by atoms with E-state index in [0.29, 0.717) is 21.8 Å². The minimum atomic E-state index is -1.12. The molecule has 30 heavy (non-hydrogen) atoms. The molecule has 0 spiro atoms. The maximum absolute atomic E-state index is 13.3. The molecule has 1 fully saturated rings. The van der Waals surface area contributed by atoms with E-state index >= 15 is 0 Å².